The van der Waals surface area contributed by atoms with E-state index in [0.717, 1.165) is 83.5 Å². The van der Waals surface area contributed by atoms with Crippen molar-refractivity contribution in [3.8, 4) is 0 Å². The summed E-state index contributed by atoms with van der Waals surface area (Å²) >= 11 is 0. The molecule has 0 saturated carbocycles. The monoisotopic (exact) mass is 1130 g/mol. The van der Waals surface area contributed by atoms with Gasteiger partial charge < -0.3 is 19.4 Å². The van der Waals surface area contributed by atoms with Gasteiger partial charge in [-0.25, -0.2) is 4.57 Å². The van der Waals surface area contributed by atoms with E-state index in [1.807, 2.05) is 94.1 Å². The molecule has 9 nitrogen and oxygen atoms in total. The van der Waals surface area contributed by atoms with Gasteiger partial charge in [-0.05, 0) is 89.5 Å². The average Bonchev–Trinajstić information content (AvgIpc) is 3.42. The molecule has 10 heteroatoms. The lowest BCUT2D eigenvalue weighted by molar-refractivity contribution is -0.870. The number of carbonyl (C=O) groups is 2. The zero-order chi connectivity index (χ0) is 58.6. The standard InChI is InChI=1S/C70H121N2O7P/c1-7-10-13-16-19-22-25-28-30-32-33-34-35-36-37-38-39-41-42-44-47-50-53-56-59-62-69(73)71-67(66-78-80(75,76)77-65-64-72(4,5)6)68(61-58-55-52-49-46-27-24-21-18-15-12-9-3)79-70(74)63-60-57-54-51-48-45-43-40-31-29-26-23-20-17-14-11-8-2/h11,14,17,19-20,22-23,26,28-31,33-34,40,43,45,48,58,61,67-68H,7-10,12-13,15-16,18,21,24-25,27,32,35-39,41-42,44,46-47,49-57,59-60,62-66H2,1-6H3,(H-,71,73,75,76)/p+1/b14-11-,20-17+,22-19-,26-23+,30-28-,31-29-,34-33-,43-40+,48-45+,61-58-. The van der Waals surface area contributed by atoms with Gasteiger partial charge >= 0.3 is 13.8 Å². The molecule has 0 heterocycles. The predicted molar refractivity (Wildman–Crippen MR) is 346 cm³/mol. The molecule has 0 bridgehead atoms. The lowest BCUT2D eigenvalue weighted by Crippen LogP contribution is -2.47. The number of amides is 1. The van der Waals surface area contributed by atoms with Gasteiger partial charge in [-0.1, -0.05) is 277 Å². The van der Waals surface area contributed by atoms with Crippen molar-refractivity contribution in [2.24, 2.45) is 0 Å². The Balaban J connectivity index is 5.22. The Morgan fingerprint density at radius 3 is 1.35 bits per heavy atom. The molecule has 1 amide bonds. The van der Waals surface area contributed by atoms with Crippen LogP contribution in [0.5, 0.6) is 0 Å². The summed E-state index contributed by atoms with van der Waals surface area (Å²) in [6.07, 6.45) is 82.0. The quantitative estimate of drug-likeness (QED) is 0.0156. The summed E-state index contributed by atoms with van der Waals surface area (Å²) in [5.41, 5.74) is 0. The van der Waals surface area contributed by atoms with E-state index in [1.54, 1.807) is 0 Å². The first-order valence-electron chi connectivity index (χ1n) is 32.4. The van der Waals surface area contributed by atoms with Gasteiger partial charge in [0.1, 0.15) is 19.3 Å². The van der Waals surface area contributed by atoms with Crippen LogP contribution in [0.4, 0.5) is 0 Å². The second-order valence-electron chi connectivity index (χ2n) is 22.7. The number of allylic oxidation sites excluding steroid dienone is 19. The van der Waals surface area contributed by atoms with Crippen LogP contribution in [-0.2, 0) is 27.9 Å². The van der Waals surface area contributed by atoms with E-state index < -0.39 is 20.0 Å². The van der Waals surface area contributed by atoms with Crippen LogP contribution in [-0.4, -0.2) is 74.3 Å². The van der Waals surface area contributed by atoms with Crippen LogP contribution in [0.2, 0.25) is 0 Å². The third-order valence-corrected chi connectivity index (χ3v) is 14.8. The van der Waals surface area contributed by atoms with Gasteiger partial charge in [0.25, 0.3) is 0 Å². The largest absolute Gasteiger partial charge is 0.472 e. The zero-order valence-corrected chi connectivity index (χ0v) is 53.2. The molecule has 0 spiro atoms. The van der Waals surface area contributed by atoms with Crippen molar-refractivity contribution < 1.29 is 37.3 Å². The van der Waals surface area contributed by atoms with Crippen molar-refractivity contribution in [2.75, 3.05) is 40.9 Å². The summed E-state index contributed by atoms with van der Waals surface area (Å²) in [6.45, 7) is 6.80. The van der Waals surface area contributed by atoms with Gasteiger partial charge in [-0.2, -0.15) is 0 Å². The predicted octanol–water partition coefficient (Wildman–Crippen LogP) is 20.3. The molecule has 0 aliphatic heterocycles. The van der Waals surface area contributed by atoms with Crippen LogP contribution in [0.3, 0.4) is 0 Å². The molecule has 0 saturated heterocycles. The first-order valence-corrected chi connectivity index (χ1v) is 33.9. The van der Waals surface area contributed by atoms with Gasteiger partial charge in [-0.15, -0.1) is 0 Å². The van der Waals surface area contributed by atoms with E-state index in [9.17, 15) is 19.0 Å². The number of nitrogens with one attached hydrogen (secondary N) is 1. The van der Waals surface area contributed by atoms with Crippen molar-refractivity contribution in [1.29, 1.82) is 0 Å². The van der Waals surface area contributed by atoms with E-state index in [0.29, 0.717) is 23.9 Å². The second-order valence-corrected chi connectivity index (χ2v) is 24.2. The van der Waals surface area contributed by atoms with Crippen LogP contribution in [0.25, 0.3) is 0 Å². The SMILES string of the molecule is CC\C=C/C=C/C=C/C=C\C=C\C=C\CCCCCC(=O)OC(/C=C\CCCCCCCCCCCC)C(COP(=O)(O)OCC[N+](C)(C)C)NC(=O)CCCCCCCCCCCCCC/C=C\C/C=C\C/C=C\CCCCC. The number of quaternary nitrogens is 1. The number of unbranched alkanes of at least 4 members (excludes halogenated alkanes) is 28. The number of phosphoric ester groups is 1. The van der Waals surface area contributed by atoms with Gasteiger partial charge in [-0.3, -0.25) is 18.6 Å². The maximum absolute atomic E-state index is 13.6. The first kappa shape index (κ1) is 76.4. The number of phosphoric acid groups is 1. The lowest BCUT2D eigenvalue weighted by Gasteiger charge is -2.27. The Morgan fingerprint density at radius 1 is 0.463 bits per heavy atom. The van der Waals surface area contributed by atoms with Gasteiger partial charge in [0.05, 0.1) is 33.8 Å². The highest BCUT2D eigenvalue weighted by atomic mass is 31.2. The van der Waals surface area contributed by atoms with Crippen LogP contribution in [0, 0.1) is 0 Å². The molecular formula is C70H122N2O7P+. The number of carbonyl (C=O) groups excluding carboxylic acids is 2. The Hall–Kier alpha value is -3.59. The fourth-order valence-electron chi connectivity index (χ4n) is 8.80. The summed E-state index contributed by atoms with van der Waals surface area (Å²) in [6, 6.07) is -0.876. The van der Waals surface area contributed by atoms with E-state index in [2.05, 4.69) is 74.7 Å². The van der Waals surface area contributed by atoms with Crippen LogP contribution in [0.1, 0.15) is 258 Å². The van der Waals surface area contributed by atoms with Crippen molar-refractivity contribution in [1.82, 2.24) is 5.32 Å². The fraction of sp³-hybridized carbons (Fsp3) is 0.686. The van der Waals surface area contributed by atoms with Gasteiger partial charge in [0.2, 0.25) is 5.91 Å². The second kappa shape index (κ2) is 58.6. The fourth-order valence-corrected chi connectivity index (χ4v) is 9.54. The molecule has 0 aromatic rings. The highest BCUT2D eigenvalue weighted by Gasteiger charge is 2.30. The summed E-state index contributed by atoms with van der Waals surface area (Å²) in [5.74, 6) is -0.563. The van der Waals surface area contributed by atoms with E-state index in [1.165, 1.54) is 135 Å². The van der Waals surface area contributed by atoms with Crippen LogP contribution in [0.15, 0.2) is 122 Å². The Bertz CT molecular complexity index is 1780. The lowest BCUT2D eigenvalue weighted by atomic mass is 10.0. The molecule has 0 fully saturated rings. The molecular weight excluding hydrogens is 1010 g/mol. The molecule has 0 rings (SSSR count). The maximum Gasteiger partial charge on any atom is 0.472 e. The molecule has 0 aromatic heterocycles. The molecule has 0 aromatic carbocycles. The van der Waals surface area contributed by atoms with Gasteiger partial charge in [0, 0.05) is 12.8 Å². The minimum Gasteiger partial charge on any atom is -0.456 e. The number of esters is 1. The summed E-state index contributed by atoms with van der Waals surface area (Å²) < 4.78 is 30.7. The molecule has 2 N–H and O–H groups in total. The number of hydrogen-bond acceptors (Lipinski definition) is 6. The minimum atomic E-state index is -4.47. The number of hydrogen-bond donors (Lipinski definition) is 2. The molecule has 0 radical (unpaired) electrons. The van der Waals surface area contributed by atoms with Crippen LogP contribution >= 0.6 is 7.82 Å². The Labute approximate surface area is 493 Å². The summed E-state index contributed by atoms with van der Waals surface area (Å²) in [5, 5.41) is 3.05. The van der Waals surface area contributed by atoms with Crippen LogP contribution < -0.4 is 5.32 Å². The van der Waals surface area contributed by atoms with Gasteiger partial charge in [0.15, 0.2) is 0 Å². The smallest absolute Gasteiger partial charge is 0.456 e. The number of nitrogens with zero attached hydrogens (tertiary/aromatic N) is 1. The number of rotatable bonds is 57. The highest BCUT2D eigenvalue weighted by Crippen LogP contribution is 2.43. The number of likely N-dealkylation sites (N-methyl/N-ethyl adjacent to an activating group) is 1. The minimum absolute atomic E-state index is 0.0261. The number of ether oxygens (including phenoxy) is 1. The van der Waals surface area contributed by atoms with E-state index in [4.69, 9.17) is 13.8 Å². The summed E-state index contributed by atoms with van der Waals surface area (Å²) in [4.78, 5) is 37.8. The maximum atomic E-state index is 13.6. The third-order valence-electron chi connectivity index (χ3n) is 13.8. The average molecular weight is 1130 g/mol. The molecule has 80 heavy (non-hydrogen) atoms. The zero-order valence-electron chi connectivity index (χ0n) is 52.3. The van der Waals surface area contributed by atoms with Crippen molar-refractivity contribution in [3.63, 3.8) is 0 Å². The van der Waals surface area contributed by atoms with Crippen molar-refractivity contribution in [3.05, 3.63) is 122 Å². The summed E-state index contributed by atoms with van der Waals surface area (Å²) in [7, 11) is 1.45. The molecule has 3 unspecified atom stereocenters. The Kier molecular flexibility index (Phi) is 56.0. The molecule has 0 aliphatic rings. The topological polar surface area (TPSA) is 111 Å². The Morgan fingerprint density at radius 2 is 0.850 bits per heavy atom. The van der Waals surface area contributed by atoms with E-state index >= 15 is 0 Å². The van der Waals surface area contributed by atoms with Crippen molar-refractivity contribution >= 4 is 19.7 Å². The normalized spacial score (nSPS) is 14.4. The highest BCUT2D eigenvalue weighted by molar-refractivity contribution is 7.47. The first-order chi connectivity index (χ1) is 38.9. The molecule has 458 valence electrons. The third kappa shape index (κ3) is 59.0. The molecule has 3 atom stereocenters. The van der Waals surface area contributed by atoms with Crippen molar-refractivity contribution in [2.45, 2.75) is 270 Å². The molecule has 0 aliphatic carbocycles. The van der Waals surface area contributed by atoms with E-state index in [-0.39, 0.29) is 31.5 Å².